The van der Waals surface area contributed by atoms with E-state index in [1.54, 1.807) is 0 Å². The van der Waals surface area contributed by atoms with Crippen LogP contribution >= 0.6 is 0 Å². The first-order chi connectivity index (χ1) is 6.79. The fraction of sp³-hybridized carbons (Fsp3) is 0.909. The second kappa shape index (κ2) is 2.88. The van der Waals surface area contributed by atoms with Crippen molar-refractivity contribution in [2.45, 2.75) is 32.2 Å². The molecule has 1 heterocycles. The lowest BCUT2D eigenvalue weighted by Gasteiger charge is -2.23. The number of carbonyl (C=O) groups is 1. The number of likely N-dealkylation sites (tertiary alicyclic amines) is 1. The van der Waals surface area contributed by atoms with Crippen molar-refractivity contribution >= 4 is 6.09 Å². The number of rotatable bonds is 1. The van der Waals surface area contributed by atoms with E-state index in [9.17, 15) is 4.79 Å². The maximum atomic E-state index is 11.7. The number of carbonyl (C=O) groups excluding carboxylic acids is 1. The largest absolute Gasteiger partial charge is 0.450 e. The summed E-state index contributed by atoms with van der Waals surface area (Å²) in [5.41, 5.74) is 0. The molecular weight excluding hydrogens is 178 g/mol. The second-order valence-electron chi connectivity index (χ2n) is 4.92. The lowest BCUT2D eigenvalue weighted by molar-refractivity contribution is 0.101. The van der Waals surface area contributed by atoms with E-state index < -0.39 is 0 Å². The van der Waals surface area contributed by atoms with E-state index >= 15 is 0 Å². The molecule has 14 heavy (non-hydrogen) atoms. The molecule has 1 amide bonds. The van der Waals surface area contributed by atoms with Crippen molar-refractivity contribution in [1.29, 1.82) is 0 Å². The third-order valence-corrected chi connectivity index (χ3v) is 4.25. The maximum absolute atomic E-state index is 11.7. The molecule has 0 aromatic heterocycles. The highest BCUT2D eigenvalue weighted by molar-refractivity contribution is 5.68. The van der Waals surface area contributed by atoms with Gasteiger partial charge >= 0.3 is 6.09 Å². The lowest BCUT2D eigenvalue weighted by atomic mass is 9.90. The Hall–Kier alpha value is -0.730. The lowest BCUT2D eigenvalue weighted by Crippen LogP contribution is -2.36. The number of amides is 1. The average molecular weight is 195 g/mol. The van der Waals surface area contributed by atoms with Crippen LogP contribution in [0.2, 0.25) is 0 Å². The van der Waals surface area contributed by atoms with Gasteiger partial charge in [0.1, 0.15) is 0 Å². The molecule has 3 aliphatic rings. The molecule has 0 unspecified atom stereocenters. The first-order valence-electron chi connectivity index (χ1n) is 5.73. The van der Waals surface area contributed by atoms with E-state index in [4.69, 9.17) is 4.74 Å². The minimum absolute atomic E-state index is 0.0763. The summed E-state index contributed by atoms with van der Waals surface area (Å²) in [4.78, 5) is 13.6. The molecule has 3 rings (SSSR count). The van der Waals surface area contributed by atoms with Crippen LogP contribution in [0.5, 0.6) is 0 Å². The summed E-state index contributed by atoms with van der Waals surface area (Å²) >= 11 is 0. The molecule has 0 aromatic carbocycles. The number of hydrogen-bond acceptors (Lipinski definition) is 2. The summed E-state index contributed by atoms with van der Waals surface area (Å²) < 4.78 is 5.09. The van der Waals surface area contributed by atoms with Gasteiger partial charge in [0.05, 0.1) is 6.61 Å². The summed E-state index contributed by atoms with van der Waals surface area (Å²) in [5.74, 6) is 2.52. The molecule has 3 heteroatoms. The minimum atomic E-state index is -0.0763. The van der Waals surface area contributed by atoms with E-state index in [1.807, 2.05) is 11.8 Å². The zero-order valence-electron chi connectivity index (χ0n) is 8.61. The van der Waals surface area contributed by atoms with Gasteiger partial charge in [-0.05, 0) is 43.9 Å². The number of ether oxygens (including phenoxy) is 1. The smallest absolute Gasteiger partial charge is 0.410 e. The van der Waals surface area contributed by atoms with Gasteiger partial charge in [0.25, 0.3) is 0 Å². The van der Waals surface area contributed by atoms with Gasteiger partial charge in [-0.2, -0.15) is 0 Å². The molecule has 3 fully saturated rings. The van der Waals surface area contributed by atoms with E-state index in [0.717, 1.165) is 24.3 Å². The van der Waals surface area contributed by atoms with Crippen LogP contribution in [-0.2, 0) is 4.74 Å². The maximum Gasteiger partial charge on any atom is 0.410 e. The van der Waals surface area contributed by atoms with Gasteiger partial charge < -0.3 is 9.64 Å². The van der Waals surface area contributed by atoms with E-state index in [2.05, 4.69) is 0 Å². The van der Waals surface area contributed by atoms with Crippen molar-refractivity contribution < 1.29 is 9.53 Å². The summed E-state index contributed by atoms with van der Waals surface area (Å²) in [6, 6.07) is 0.526. The number of fused-ring (bicyclic) bond motifs is 1. The van der Waals surface area contributed by atoms with Crippen LogP contribution in [0.4, 0.5) is 4.79 Å². The predicted molar refractivity (Wildman–Crippen MR) is 51.8 cm³/mol. The summed E-state index contributed by atoms with van der Waals surface area (Å²) in [6.45, 7) is 3.34. The molecule has 78 valence electrons. The molecule has 0 aromatic rings. The van der Waals surface area contributed by atoms with Gasteiger partial charge in [-0.15, -0.1) is 0 Å². The van der Waals surface area contributed by atoms with Gasteiger partial charge in [-0.1, -0.05) is 0 Å². The highest BCUT2D eigenvalue weighted by atomic mass is 16.6. The molecule has 1 aliphatic heterocycles. The molecule has 2 saturated carbocycles. The predicted octanol–water partition coefficient (Wildman–Crippen LogP) is 1.87. The van der Waals surface area contributed by atoms with E-state index in [0.29, 0.717) is 12.6 Å². The Labute approximate surface area is 84.4 Å². The standard InChI is InChI=1S/C11H17NO2/c1-2-14-11(13)12-6-8-3-7-4-9(8)10(12)5-7/h7-10H,2-6H2,1H3/t7-,8+,9+,10+/m0/s1. The van der Waals surface area contributed by atoms with Crippen molar-refractivity contribution in [3.63, 3.8) is 0 Å². The van der Waals surface area contributed by atoms with E-state index in [-0.39, 0.29) is 6.09 Å². The zero-order chi connectivity index (χ0) is 9.71. The summed E-state index contributed by atoms with van der Waals surface area (Å²) in [6.07, 6.45) is 3.88. The van der Waals surface area contributed by atoms with Crippen LogP contribution in [0.15, 0.2) is 0 Å². The first-order valence-corrected chi connectivity index (χ1v) is 5.73. The van der Waals surface area contributed by atoms with Gasteiger partial charge in [0, 0.05) is 12.6 Å². The fourth-order valence-electron chi connectivity index (χ4n) is 3.83. The van der Waals surface area contributed by atoms with Gasteiger partial charge in [0.15, 0.2) is 0 Å². The summed E-state index contributed by atoms with van der Waals surface area (Å²) in [5, 5.41) is 0. The van der Waals surface area contributed by atoms with Gasteiger partial charge in [-0.25, -0.2) is 4.79 Å². The van der Waals surface area contributed by atoms with Crippen LogP contribution in [0, 0.1) is 17.8 Å². The molecule has 0 spiro atoms. The molecule has 0 N–H and O–H groups in total. The average Bonchev–Trinajstić information content (AvgIpc) is 2.73. The quantitative estimate of drug-likeness (QED) is 0.639. The van der Waals surface area contributed by atoms with E-state index in [1.165, 1.54) is 19.3 Å². The van der Waals surface area contributed by atoms with Crippen LogP contribution in [0.25, 0.3) is 0 Å². The van der Waals surface area contributed by atoms with Crippen molar-refractivity contribution in [1.82, 2.24) is 4.90 Å². The molecule has 2 bridgehead atoms. The first kappa shape index (κ1) is 8.57. The molecular formula is C11H17NO2. The summed E-state index contributed by atoms with van der Waals surface area (Å²) in [7, 11) is 0. The number of hydrogen-bond donors (Lipinski definition) is 0. The highest BCUT2D eigenvalue weighted by Gasteiger charge is 2.55. The van der Waals surface area contributed by atoms with Crippen molar-refractivity contribution in [3.05, 3.63) is 0 Å². The van der Waals surface area contributed by atoms with Crippen LogP contribution in [0.3, 0.4) is 0 Å². The van der Waals surface area contributed by atoms with Crippen LogP contribution in [0.1, 0.15) is 26.2 Å². The highest BCUT2D eigenvalue weighted by Crippen LogP contribution is 2.54. The minimum Gasteiger partial charge on any atom is -0.450 e. The zero-order valence-corrected chi connectivity index (χ0v) is 8.61. The van der Waals surface area contributed by atoms with Crippen LogP contribution < -0.4 is 0 Å². The SMILES string of the molecule is CCOC(=O)N1C[C@H]2C[C@H]3C[C@H]2[C@H]1C3. The molecule has 2 aliphatic carbocycles. The van der Waals surface area contributed by atoms with Crippen LogP contribution in [-0.4, -0.2) is 30.2 Å². The third-order valence-electron chi connectivity index (χ3n) is 4.25. The van der Waals surface area contributed by atoms with Gasteiger partial charge in [0.2, 0.25) is 0 Å². The molecule has 4 atom stereocenters. The van der Waals surface area contributed by atoms with Crippen molar-refractivity contribution in [2.75, 3.05) is 13.2 Å². The molecule has 1 saturated heterocycles. The number of nitrogens with zero attached hydrogens (tertiary/aromatic N) is 1. The Balaban J connectivity index is 1.75. The Morgan fingerprint density at radius 1 is 1.43 bits per heavy atom. The van der Waals surface area contributed by atoms with Gasteiger partial charge in [-0.3, -0.25) is 0 Å². The Kier molecular flexibility index (Phi) is 1.76. The fourth-order valence-corrected chi connectivity index (χ4v) is 3.83. The monoisotopic (exact) mass is 195 g/mol. The topological polar surface area (TPSA) is 29.5 Å². The second-order valence-corrected chi connectivity index (χ2v) is 4.92. The molecule has 0 radical (unpaired) electrons. The Bertz CT molecular complexity index is 264. The van der Waals surface area contributed by atoms with Crippen molar-refractivity contribution in [2.24, 2.45) is 17.8 Å². The Morgan fingerprint density at radius 3 is 2.93 bits per heavy atom. The molecule has 3 nitrogen and oxygen atoms in total. The Morgan fingerprint density at radius 2 is 2.29 bits per heavy atom. The normalized spacial score (nSPS) is 43.4. The third kappa shape index (κ3) is 1.01. The van der Waals surface area contributed by atoms with Crippen molar-refractivity contribution in [3.8, 4) is 0 Å².